The highest BCUT2D eigenvalue weighted by Crippen LogP contribution is 2.49. The summed E-state index contributed by atoms with van der Waals surface area (Å²) in [6.07, 6.45) is 4.15. The number of amides is 1. The predicted octanol–water partition coefficient (Wildman–Crippen LogP) is 6.27. The summed E-state index contributed by atoms with van der Waals surface area (Å²) in [6, 6.07) is 16.3. The van der Waals surface area contributed by atoms with Crippen LogP contribution >= 0.6 is 11.9 Å². The average molecular weight is 558 g/mol. The van der Waals surface area contributed by atoms with Gasteiger partial charge in [0.15, 0.2) is 0 Å². The molecule has 2 fully saturated rings. The molecule has 8 heteroatoms. The number of nitrogens with zero attached hydrogens (tertiary/aromatic N) is 3. The number of hydrogen-bond acceptors (Lipinski definition) is 7. The first-order valence-electron chi connectivity index (χ1n) is 14.4. The van der Waals surface area contributed by atoms with E-state index in [1.54, 1.807) is 0 Å². The molecule has 7 nitrogen and oxygen atoms in total. The lowest BCUT2D eigenvalue weighted by Crippen LogP contribution is -2.58. The summed E-state index contributed by atoms with van der Waals surface area (Å²) in [5.41, 5.74) is 5.28. The monoisotopic (exact) mass is 557 g/mol. The van der Waals surface area contributed by atoms with E-state index in [1.807, 2.05) is 30.3 Å². The molecule has 3 aliphatic rings. The predicted molar refractivity (Wildman–Crippen MR) is 161 cm³/mol. The van der Waals surface area contributed by atoms with E-state index in [9.17, 15) is 4.79 Å². The molecule has 0 radical (unpaired) electrons. The largest absolute Gasteiger partial charge is 0.475 e. The van der Waals surface area contributed by atoms with E-state index in [0.29, 0.717) is 35.3 Å². The van der Waals surface area contributed by atoms with Crippen molar-refractivity contribution in [3.63, 3.8) is 0 Å². The summed E-state index contributed by atoms with van der Waals surface area (Å²) in [6.45, 7) is 11.2. The average Bonchev–Trinajstić information content (AvgIpc) is 3.40. The Morgan fingerprint density at radius 1 is 1.10 bits per heavy atom. The Kier molecular flexibility index (Phi) is 7.48. The van der Waals surface area contributed by atoms with E-state index < -0.39 is 0 Å². The fraction of sp³-hybridized carbons (Fsp3) is 0.469. The van der Waals surface area contributed by atoms with Crippen LogP contribution in [-0.2, 0) is 0 Å². The fourth-order valence-corrected chi connectivity index (χ4v) is 7.37. The molecule has 1 saturated carbocycles. The third-order valence-electron chi connectivity index (χ3n) is 8.64. The van der Waals surface area contributed by atoms with Crippen molar-refractivity contribution in [1.82, 2.24) is 20.2 Å². The second kappa shape index (κ2) is 11.1. The van der Waals surface area contributed by atoms with Crippen LogP contribution in [0.2, 0.25) is 0 Å². The Balaban J connectivity index is 1.40. The molecule has 6 rings (SSSR count). The van der Waals surface area contributed by atoms with Crippen LogP contribution in [-0.4, -0.2) is 52.6 Å². The van der Waals surface area contributed by atoms with Gasteiger partial charge in [0.1, 0.15) is 6.61 Å². The van der Waals surface area contributed by atoms with Gasteiger partial charge in [0.25, 0.3) is 5.91 Å². The molecule has 210 valence electrons. The number of rotatable bonds is 4. The Morgan fingerprint density at radius 3 is 2.60 bits per heavy atom. The van der Waals surface area contributed by atoms with Crippen molar-refractivity contribution in [2.75, 3.05) is 24.4 Å². The zero-order chi connectivity index (χ0) is 27.9. The lowest BCUT2D eigenvalue weighted by molar-refractivity contribution is -0.0150. The Labute approximate surface area is 241 Å². The Hall–Kier alpha value is -3.10. The molecular weight excluding hydrogens is 518 g/mol. The van der Waals surface area contributed by atoms with Crippen LogP contribution in [0.15, 0.2) is 53.4 Å². The molecule has 3 heterocycles. The van der Waals surface area contributed by atoms with E-state index >= 15 is 0 Å². The van der Waals surface area contributed by atoms with Crippen molar-refractivity contribution >= 4 is 23.8 Å². The maximum absolute atomic E-state index is 14.2. The smallest absolute Gasteiger partial charge is 0.254 e. The molecule has 4 bridgehead atoms. The molecule has 2 aromatic carbocycles. The van der Waals surface area contributed by atoms with Gasteiger partial charge in [-0.3, -0.25) is 9.52 Å². The quantitative estimate of drug-likeness (QED) is 0.366. The van der Waals surface area contributed by atoms with Crippen molar-refractivity contribution in [2.24, 2.45) is 11.3 Å². The van der Waals surface area contributed by atoms with Crippen LogP contribution in [0, 0.1) is 25.2 Å². The first kappa shape index (κ1) is 27.1. The van der Waals surface area contributed by atoms with Gasteiger partial charge in [0, 0.05) is 34.7 Å². The van der Waals surface area contributed by atoms with E-state index in [-0.39, 0.29) is 18.0 Å². The van der Waals surface area contributed by atoms with Crippen molar-refractivity contribution < 1.29 is 9.53 Å². The number of fused-ring (bicyclic) bond motifs is 4. The minimum absolute atomic E-state index is 0.0590. The minimum atomic E-state index is -0.0590. The number of carbonyl (C=O) groups excluding carboxylic acids is 1. The summed E-state index contributed by atoms with van der Waals surface area (Å²) in [7, 11) is 0. The SMILES string of the molecule is Cc1cccc(C)c1-c1cc2nc(n1)NSc1cccc(c1)C(=O)N(C1CC3(CCNC3)C1)[C@H](CC(C)C)CO2. The van der Waals surface area contributed by atoms with Gasteiger partial charge in [0.2, 0.25) is 11.8 Å². The molecule has 0 unspecified atom stereocenters. The first-order chi connectivity index (χ1) is 19.3. The van der Waals surface area contributed by atoms with Gasteiger partial charge in [-0.25, -0.2) is 4.98 Å². The summed E-state index contributed by atoms with van der Waals surface area (Å²) in [5, 5.41) is 3.54. The number of benzene rings is 2. The van der Waals surface area contributed by atoms with Gasteiger partial charge in [-0.15, -0.1) is 0 Å². The van der Waals surface area contributed by atoms with Crippen LogP contribution in [0.5, 0.6) is 5.88 Å². The van der Waals surface area contributed by atoms with Crippen molar-refractivity contribution in [2.45, 2.75) is 70.4 Å². The Bertz CT molecular complexity index is 1380. The van der Waals surface area contributed by atoms with E-state index in [4.69, 9.17) is 14.7 Å². The zero-order valence-electron chi connectivity index (χ0n) is 23.9. The highest BCUT2D eigenvalue weighted by atomic mass is 32.2. The first-order valence-corrected chi connectivity index (χ1v) is 15.3. The molecule has 1 spiro atoms. The second-order valence-electron chi connectivity index (χ2n) is 12.2. The van der Waals surface area contributed by atoms with E-state index in [1.165, 1.54) is 18.4 Å². The van der Waals surface area contributed by atoms with E-state index in [0.717, 1.165) is 59.6 Å². The molecule has 40 heavy (non-hydrogen) atoms. The number of hydrogen-bond donors (Lipinski definition) is 2. The maximum atomic E-state index is 14.2. The molecule has 3 aromatic rings. The molecule has 1 atom stereocenters. The Morgan fingerprint density at radius 2 is 1.88 bits per heavy atom. The number of aromatic nitrogens is 2. The lowest BCUT2D eigenvalue weighted by atomic mass is 9.64. The summed E-state index contributed by atoms with van der Waals surface area (Å²) in [5.74, 6) is 1.52. The third-order valence-corrected chi connectivity index (χ3v) is 9.41. The van der Waals surface area contributed by atoms with Gasteiger partial charge in [-0.05, 0) is 98.7 Å². The van der Waals surface area contributed by atoms with Gasteiger partial charge in [-0.2, -0.15) is 4.98 Å². The summed E-state index contributed by atoms with van der Waals surface area (Å²) >= 11 is 1.41. The van der Waals surface area contributed by atoms with Gasteiger partial charge < -0.3 is 15.0 Å². The highest BCUT2D eigenvalue weighted by molar-refractivity contribution is 8.00. The third kappa shape index (κ3) is 5.44. The molecule has 1 amide bonds. The van der Waals surface area contributed by atoms with Crippen molar-refractivity contribution in [3.8, 4) is 17.1 Å². The van der Waals surface area contributed by atoms with E-state index in [2.05, 4.69) is 60.8 Å². The second-order valence-corrected chi connectivity index (χ2v) is 13.1. The van der Waals surface area contributed by atoms with Crippen LogP contribution in [0.3, 0.4) is 0 Å². The fourth-order valence-electron chi connectivity index (χ4n) is 6.74. The molecule has 2 N–H and O–H groups in total. The molecule has 1 aromatic heterocycles. The standard InChI is InChI=1S/C32H39N5O2S/c1-20(2)13-24-18-39-28-15-27(29-21(3)7-5-8-22(29)4)34-31(35-28)36-40-26-10-6-9-23(14-26)30(38)37(24)25-16-32(17-25)11-12-33-19-32/h5-10,14-15,20,24-25,33H,11-13,16-19H2,1-4H3,(H,34,35,36)/t24-,25?,32?/m1/s1. The zero-order valence-corrected chi connectivity index (χ0v) is 24.7. The minimum Gasteiger partial charge on any atom is -0.475 e. The normalized spacial score (nSPS) is 24.5. The van der Waals surface area contributed by atoms with Gasteiger partial charge in [0.05, 0.1) is 11.7 Å². The summed E-state index contributed by atoms with van der Waals surface area (Å²) in [4.78, 5) is 27.0. The maximum Gasteiger partial charge on any atom is 0.254 e. The van der Waals surface area contributed by atoms with Crippen molar-refractivity contribution in [3.05, 3.63) is 65.2 Å². The highest BCUT2D eigenvalue weighted by Gasteiger charge is 2.50. The van der Waals surface area contributed by atoms with Crippen LogP contribution < -0.4 is 14.8 Å². The number of aryl methyl sites for hydroxylation is 2. The van der Waals surface area contributed by atoms with Crippen LogP contribution in [0.1, 0.15) is 61.0 Å². The van der Waals surface area contributed by atoms with Gasteiger partial charge in [-0.1, -0.05) is 38.1 Å². The molecule has 1 saturated heterocycles. The van der Waals surface area contributed by atoms with Crippen LogP contribution in [0.4, 0.5) is 5.95 Å². The number of carbonyl (C=O) groups is 1. The number of anilines is 1. The van der Waals surface area contributed by atoms with Crippen LogP contribution in [0.25, 0.3) is 11.3 Å². The molecule has 2 aliphatic heterocycles. The molecular formula is C32H39N5O2S. The van der Waals surface area contributed by atoms with Gasteiger partial charge >= 0.3 is 0 Å². The topological polar surface area (TPSA) is 79.4 Å². The lowest BCUT2D eigenvalue weighted by Gasteiger charge is -2.52. The number of ether oxygens (including phenoxy) is 1. The number of nitrogens with one attached hydrogen (secondary N) is 2. The summed E-state index contributed by atoms with van der Waals surface area (Å²) < 4.78 is 9.79. The molecule has 1 aliphatic carbocycles. The van der Waals surface area contributed by atoms with Crippen molar-refractivity contribution in [1.29, 1.82) is 0 Å².